The molecule has 1 aromatic carbocycles. The van der Waals surface area contributed by atoms with E-state index in [0.29, 0.717) is 11.1 Å². The highest BCUT2D eigenvalue weighted by Gasteiger charge is 2.32. The van der Waals surface area contributed by atoms with E-state index in [4.69, 9.17) is 0 Å². The van der Waals surface area contributed by atoms with Crippen molar-refractivity contribution in [2.24, 2.45) is 0 Å². The van der Waals surface area contributed by atoms with Crippen LogP contribution in [0.15, 0.2) is 18.2 Å². The Labute approximate surface area is 86.5 Å². The summed E-state index contributed by atoms with van der Waals surface area (Å²) in [6, 6.07) is 3.38. The third-order valence-corrected chi connectivity index (χ3v) is 2.22. The molecule has 1 aromatic rings. The van der Waals surface area contributed by atoms with Crippen LogP contribution in [0.4, 0.5) is 13.2 Å². The summed E-state index contributed by atoms with van der Waals surface area (Å²) in [5, 5.41) is 9.69. The second-order valence-corrected chi connectivity index (χ2v) is 4.09. The zero-order chi connectivity index (χ0) is 11.9. The Kier molecular flexibility index (Phi) is 2.83. The van der Waals surface area contributed by atoms with Crippen molar-refractivity contribution in [3.8, 4) is 0 Å². The maximum absolute atomic E-state index is 12.4. The van der Waals surface area contributed by atoms with Crippen molar-refractivity contribution in [3.05, 3.63) is 34.9 Å². The summed E-state index contributed by atoms with van der Waals surface area (Å²) in [6.07, 6.45) is -4.37. The standard InChI is InChI=1S/C11H13F3O/c1-7-4-5-8(11(12,13)14)6-9(7)10(2,3)15/h4-6,15H,1-3H3. The molecule has 0 fully saturated rings. The summed E-state index contributed by atoms with van der Waals surface area (Å²) in [7, 11) is 0. The first-order valence-corrected chi connectivity index (χ1v) is 4.53. The van der Waals surface area contributed by atoms with Crippen molar-refractivity contribution in [2.75, 3.05) is 0 Å². The molecule has 0 atom stereocenters. The Hall–Kier alpha value is -1.03. The van der Waals surface area contributed by atoms with Crippen molar-refractivity contribution in [1.82, 2.24) is 0 Å². The van der Waals surface area contributed by atoms with E-state index in [9.17, 15) is 18.3 Å². The van der Waals surface area contributed by atoms with Gasteiger partial charge in [0.15, 0.2) is 0 Å². The predicted molar refractivity (Wildman–Crippen MR) is 51.4 cm³/mol. The number of aliphatic hydroxyl groups is 1. The first-order valence-electron chi connectivity index (χ1n) is 4.53. The minimum Gasteiger partial charge on any atom is -0.386 e. The fraction of sp³-hybridized carbons (Fsp3) is 0.455. The molecule has 84 valence electrons. The number of alkyl halides is 3. The number of benzene rings is 1. The topological polar surface area (TPSA) is 20.2 Å². The normalized spacial score (nSPS) is 13.0. The summed E-state index contributed by atoms with van der Waals surface area (Å²) in [5.74, 6) is 0. The van der Waals surface area contributed by atoms with Gasteiger partial charge in [0, 0.05) is 0 Å². The van der Waals surface area contributed by atoms with Crippen LogP contribution >= 0.6 is 0 Å². The lowest BCUT2D eigenvalue weighted by Crippen LogP contribution is -2.18. The zero-order valence-electron chi connectivity index (χ0n) is 8.81. The van der Waals surface area contributed by atoms with E-state index < -0.39 is 17.3 Å². The highest BCUT2D eigenvalue weighted by molar-refractivity contribution is 5.35. The van der Waals surface area contributed by atoms with E-state index >= 15 is 0 Å². The second kappa shape index (κ2) is 3.52. The van der Waals surface area contributed by atoms with Gasteiger partial charge in [0.2, 0.25) is 0 Å². The third-order valence-electron chi connectivity index (χ3n) is 2.22. The SMILES string of the molecule is Cc1ccc(C(F)(F)F)cc1C(C)(C)O. The average molecular weight is 218 g/mol. The van der Waals surface area contributed by atoms with E-state index in [1.54, 1.807) is 6.92 Å². The maximum Gasteiger partial charge on any atom is 0.416 e. The van der Waals surface area contributed by atoms with Gasteiger partial charge in [-0.25, -0.2) is 0 Å². The van der Waals surface area contributed by atoms with E-state index in [2.05, 4.69) is 0 Å². The molecule has 0 aliphatic carbocycles. The number of aryl methyl sites for hydroxylation is 1. The molecule has 0 unspecified atom stereocenters. The van der Waals surface area contributed by atoms with Crippen LogP contribution in [-0.4, -0.2) is 5.11 Å². The zero-order valence-corrected chi connectivity index (χ0v) is 8.81. The summed E-state index contributed by atoms with van der Waals surface area (Å²) >= 11 is 0. The minimum absolute atomic E-state index is 0.303. The largest absolute Gasteiger partial charge is 0.416 e. The quantitative estimate of drug-likeness (QED) is 0.767. The average Bonchev–Trinajstić information content (AvgIpc) is 2.00. The van der Waals surface area contributed by atoms with Gasteiger partial charge in [-0.3, -0.25) is 0 Å². The Bertz CT molecular complexity index is 361. The van der Waals surface area contributed by atoms with Crippen LogP contribution in [0.1, 0.15) is 30.5 Å². The molecule has 1 rings (SSSR count). The van der Waals surface area contributed by atoms with E-state index in [1.165, 1.54) is 19.9 Å². The van der Waals surface area contributed by atoms with Gasteiger partial charge in [0.25, 0.3) is 0 Å². The Balaban J connectivity index is 3.30. The fourth-order valence-electron chi connectivity index (χ4n) is 1.46. The summed E-state index contributed by atoms with van der Waals surface area (Å²) < 4.78 is 37.2. The highest BCUT2D eigenvalue weighted by atomic mass is 19.4. The van der Waals surface area contributed by atoms with Crippen LogP contribution in [0.3, 0.4) is 0 Å². The van der Waals surface area contributed by atoms with E-state index in [0.717, 1.165) is 12.1 Å². The van der Waals surface area contributed by atoms with Crippen LogP contribution in [0.25, 0.3) is 0 Å². The van der Waals surface area contributed by atoms with Gasteiger partial charge in [-0.2, -0.15) is 13.2 Å². The lowest BCUT2D eigenvalue weighted by molar-refractivity contribution is -0.137. The summed E-state index contributed by atoms with van der Waals surface area (Å²) in [5.41, 5.74) is -1.04. The number of hydrogen-bond donors (Lipinski definition) is 1. The molecule has 4 heteroatoms. The smallest absolute Gasteiger partial charge is 0.386 e. The Morgan fingerprint density at radius 2 is 1.67 bits per heavy atom. The second-order valence-electron chi connectivity index (χ2n) is 4.09. The first-order chi connectivity index (χ1) is 6.62. The molecule has 0 spiro atoms. The molecule has 15 heavy (non-hydrogen) atoms. The monoisotopic (exact) mass is 218 g/mol. The molecule has 0 aliphatic rings. The lowest BCUT2D eigenvalue weighted by atomic mass is 9.92. The Morgan fingerprint density at radius 3 is 2.07 bits per heavy atom. The van der Waals surface area contributed by atoms with Crippen LogP contribution < -0.4 is 0 Å². The first kappa shape index (κ1) is 12.0. The van der Waals surface area contributed by atoms with Crippen molar-refractivity contribution in [2.45, 2.75) is 32.5 Å². The van der Waals surface area contributed by atoms with Gasteiger partial charge in [-0.1, -0.05) is 6.07 Å². The molecule has 0 saturated carbocycles. The van der Waals surface area contributed by atoms with E-state index in [1.807, 2.05) is 0 Å². The van der Waals surface area contributed by atoms with Crippen molar-refractivity contribution in [1.29, 1.82) is 0 Å². The predicted octanol–water partition coefficient (Wildman–Crippen LogP) is 3.24. The van der Waals surface area contributed by atoms with Gasteiger partial charge in [0.05, 0.1) is 11.2 Å². The fourth-order valence-corrected chi connectivity index (χ4v) is 1.46. The highest BCUT2D eigenvalue weighted by Crippen LogP contribution is 2.33. The van der Waals surface area contributed by atoms with Gasteiger partial charge >= 0.3 is 6.18 Å². The molecule has 1 nitrogen and oxygen atoms in total. The Morgan fingerprint density at radius 1 is 1.13 bits per heavy atom. The molecule has 0 aliphatic heterocycles. The number of hydrogen-bond acceptors (Lipinski definition) is 1. The molecule has 0 bridgehead atoms. The molecule has 0 saturated heterocycles. The molecule has 0 radical (unpaired) electrons. The van der Waals surface area contributed by atoms with Crippen molar-refractivity contribution < 1.29 is 18.3 Å². The van der Waals surface area contributed by atoms with Crippen molar-refractivity contribution >= 4 is 0 Å². The van der Waals surface area contributed by atoms with Crippen LogP contribution in [0.2, 0.25) is 0 Å². The van der Waals surface area contributed by atoms with Gasteiger partial charge in [-0.05, 0) is 44.0 Å². The third kappa shape index (κ3) is 2.72. The molecular formula is C11H13F3O. The number of rotatable bonds is 1. The van der Waals surface area contributed by atoms with Crippen LogP contribution in [0.5, 0.6) is 0 Å². The van der Waals surface area contributed by atoms with E-state index in [-0.39, 0.29) is 0 Å². The molecule has 1 N–H and O–H groups in total. The molecule has 0 heterocycles. The lowest BCUT2D eigenvalue weighted by Gasteiger charge is -2.21. The molecule has 0 amide bonds. The minimum atomic E-state index is -4.37. The van der Waals surface area contributed by atoms with Crippen LogP contribution in [-0.2, 0) is 11.8 Å². The maximum atomic E-state index is 12.4. The summed E-state index contributed by atoms with van der Waals surface area (Å²) in [6.45, 7) is 4.61. The van der Waals surface area contributed by atoms with Crippen LogP contribution in [0, 0.1) is 6.92 Å². The molecular weight excluding hydrogens is 205 g/mol. The van der Waals surface area contributed by atoms with Crippen molar-refractivity contribution in [3.63, 3.8) is 0 Å². The van der Waals surface area contributed by atoms with Gasteiger partial charge in [-0.15, -0.1) is 0 Å². The number of halogens is 3. The summed E-state index contributed by atoms with van der Waals surface area (Å²) in [4.78, 5) is 0. The van der Waals surface area contributed by atoms with Gasteiger partial charge < -0.3 is 5.11 Å². The van der Waals surface area contributed by atoms with Gasteiger partial charge in [0.1, 0.15) is 0 Å². The molecule has 0 aromatic heterocycles.